The number of rotatable bonds is 4. The van der Waals surface area contributed by atoms with Gasteiger partial charge in [0.1, 0.15) is 5.69 Å². The molecule has 0 aliphatic carbocycles. The van der Waals surface area contributed by atoms with Crippen molar-refractivity contribution >= 4 is 5.91 Å². The van der Waals surface area contributed by atoms with Crippen LogP contribution in [0.5, 0.6) is 0 Å². The van der Waals surface area contributed by atoms with Crippen LogP contribution in [0, 0.1) is 5.92 Å². The van der Waals surface area contributed by atoms with Gasteiger partial charge in [0.25, 0.3) is 5.91 Å². The number of hydrogen-bond acceptors (Lipinski definition) is 3. The number of nitrogens with one attached hydrogen (secondary N) is 1. The Bertz CT molecular complexity index is 525. The molecule has 0 unspecified atom stereocenters. The van der Waals surface area contributed by atoms with E-state index in [4.69, 9.17) is 0 Å². The third-order valence-corrected chi connectivity index (χ3v) is 5.36. The average Bonchev–Trinajstić information content (AvgIpc) is 3.12. The number of carbonyl (C=O) groups excluding carboxylic acids is 1. The number of fused-ring (bicyclic) bond motifs is 1. The molecular weight excluding hydrogens is 288 g/mol. The van der Waals surface area contributed by atoms with Crippen molar-refractivity contribution < 1.29 is 4.79 Å². The zero-order chi connectivity index (χ0) is 16.6. The highest BCUT2D eigenvalue weighted by Gasteiger charge is 2.45. The second kappa shape index (κ2) is 6.65. The molecule has 3 heterocycles. The minimum Gasteiger partial charge on any atom is -0.357 e. The maximum Gasteiger partial charge on any atom is 0.270 e. The van der Waals surface area contributed by atoms with Crippen molar-refractivity contribution in [3.05, 3.63) is 24.0 Å². The van der Waals surface area contributed by atoms with Crippen LogP contribution in [0.15, 0.2) is 18.3 Å². The number of likely N-dealkylation sites (N-methyl/N-ethyl adjacent to an activating group) is 1. The van der Waals surface area contributed by atoms with Gasteiger partial charge in [-0.2, -0.15) is 0 Å². The van der Waals surface area contributed by atoms with Crippen LogP contribution in [-0.4, -0.2) is 77.4 Å². The van der Waals surface area contributed by atoms with Crippen LogP contribution >= 0.6 is 0 Å². The number of carbonyl (C=O) groups is 1. The van der Waals surface area contributed by atoms with E-state index in [9.17, 15) is 4.79 Å². The van der Waals surface area contributed by atoms with Crippen LogP contribution in [0.3, 0.4) is 0 Å². The van der Waals surface area contributed by atoms with Gasteiger partial charge in [0, 0.05) is 44.0 Å². The summed E-state index contributed by atoms with van der Waals surface area (Å²) in [5.41, 5.74) is 0.715. The summed E-state index contributed by atoms with van der Waals surface area (Å²) in [7, 11) is 4.31. The van der Waals surface area contributed by atoms with Crippen LogP contribution in [0.25, 0.3) is 0 Å². The number of H-pyrrole nitrogens is 1. The smallest absolute Gasteiger partial charge is 0.270 e. The Morgan fingerprint density at radius 2 is 2.22 bits per heavy atom. The Morgan fingerprint density at radius 3 is 2.83 bits per heavy atom. The number of piperidine rings is 1. The Hall–Kier alpha value is -1.33. The number of aromatic amines is 1. The second-order valence-corrected chi connectivity index (χ2v) is 7.64. The predicted molar refractivity (Wildman–Crippen MR) is 92.5 cm³/mol. The summed E-state index contributed by atoms with van der Waals surface area (Å²) in [6.45, 7) is 7.49. The zero-order valence-corrected chi connectivity index (χ0v) is 14.8. The second-order valence-electron chi connectivity index (χ2n) is 7.64. The highest BCUT2D eigenvalue weighted by molar-refractivity contribution is 5.92. The monoisotopic (exact) mass is 318 g/mol. The summed E-state index contributed by atoms with van der Waals surface area (Å²) in [6.07, 6.45) is 4.12. The summed E-state index contributed by atoms with van der Waals surface area (Å²) in [6, 6.07) is 5.58. The molecule has 3 atom stereocenters. The molecule has 5 nitrogen and oxygen atoms in total. The normalized spacial score (nSPS) is 28.6. The predicted octanol–water partition coefficient (Wildman–Crippen LogP) is 1.89. The van der Waals surface area contributed by atoms with E-state index < -0.39 is 0 Å². The van der Waals surface area contributed by atoms with E-state index in [1.165, 1.54) is 6.42 Å². The van der Waals surface area contributed by atoms with Crippen molar-refractivity contribution in [2.24, 2.45) is 5.92 Å². The molecule has 0 radical (unpaired) electrons. The van der Waals surface area contributed by atoms with E-state index >= 15 is 0 Å². The van der Waals surface area contributed by atoms with Crippen molar-refractivity contribution in [1.29, 1.82) is 0 Å². The van der Waals surface area contributed by atoms with E-state index in [1.807, 2.05) is 23.2 Å². The van der Waals surface area contributed by atoms with Crippen LogP contribution in [-0.2, 0) is 0 Å². The fourth-order valence-electron chi connectivity index (χ4n) is 4.60. The molecule has 128 valence electrons. The molecule has 0 aromatic carbocycles. The molecule has 3 rings (SSSR count). The van der Waals surface area contributed by atoms with Crippen LogP contribution < -0.4 is 0 Å². The van der Waals surface area contributed by atoms with Crippen molar-refractivity contribution in [3.8, 4) is 0 Å². The molecule has 1 aromatic rings. The molecule has 2 aliphatic rings. The van der Waals surface area contributed by atoms with Crippen LogP contribution in [0.2, 0.25) is 0 Å². The molecule has 1 N–H and O–H groups in total. The van der Waals surface area contributed by atoms with E-state index in [0.29, 0.717) is 29.7 Å². The molecule has 2 fully saturated rings. The summed E-state index contributed by atoms with van der Waals surface area (Å²) >= 11 is 0. The Morgan fingerprint density at radius 1 is 1.43 bits per heavy atom. The third kappa shape index (κ3) is 3.31. The molecule has 1 amide bonds. The van der Waals surface area contributed by atoms with Gasteiger partial charge in [-0.3, -0.25) is 9.69 Å². The van der Waals surface area contributed by atoms with E-state index in [-0.39, 0.29) is 5.91 Å². The van der Waals surface area contributed by atoms with Crippen molar-refractivity contribution in [3.63, 3.8) is 0 Å². The summed E-state index contributed by atoms with van der Waals surface area (Å²) in [5, 5.41) is 0. The van der Waals surface area contributed by atoms with Crippen molar-refractivity contribution in [1.82, 2.24) is 19.7 Å². The van der Waals surface area contributed by atoms with Gasteiger partial charge < -0.3 is 14.8 Å². The quantitative estimate of drug-likeness (QED) is 0.922. The first-order valence-electron chi connectivity index (χ1n) is 8.82. The van der Waals surface area contributed by atoms with Crippen molar-refractivity contribution in [2.75, 3.05) is 33.7 Å². The highest BCUT2D eigenvalue weighted by atomic mass is 16.2. The molecule has 2 saturated heterocycles. The number of amides is 1. The Balaban J connectivity index is 1.70. The lowest BCUT2D eigenvalue weighted by Gasteiger charge is -2.40. The van der Waals surface area contributed by atoms with E-state index in [0.717, 1.165) is 26.1 Å². The van der Waals surface area contributed by atoms with E-state index in [2.05, 4.69) is 42.7 Å². The fraction of sp³-hybridized carbons (Fsp3) is 0.722. The highest BCUT2D eigenvalue weighted by Crippen LogP contribution is 2.37. The van der Waals surface area contributed by atoms with Crippen LogP contribution in [0.4, 0.5) is 0 Å². The fourth-order valence-corrected chi connectivity index (χ4v) is 4.60. The lowest BCUT2D eigenvalue weighted by atomic mass is 9.91. The van der Waals surface area contributed by atoms with Crippen LogP contribution in [0.1, 0.15) is 37.2 Å². The first-order valence-corrected chi connectivity index (χ1v) is 8.82. The number of aromatic nitrogens is 1. The molecule has 23 heavy (non-hydrogen) atoms. The Labute approximate surface area is 139 Å². The summed E-state index contributed by atoms with van der Waals surface area (Å²) in [5.74, 6) is 0.760. The van der Waals surface area contributed by atoms with Gasteiger partial charge in [-0.15, -0.1) is 0 Å². The largest absolute Gasteiger partial charge is 0.357 e. The summed E-state index contributed by atoms with van der Waals surface area (Å²) < 4.78 is 0. The van der Waals surface area contributed by atoms with Gasteiger partial charge in [-0.1, -0.05) is 0 Å². The lowest BCUT2D eigenvalue weighted by Crippen LogP contribution is -2.51. The maximum absolute atomic E-state index is 12.6. The molecule has 1 aromatic heterocycles. The van der Waals surface area contributed by atoms with Gasteiger partial charge in [0.05, 0.1) is 0 Å². The third-order valence-electron chi connectivity index (χ3n) is 5.36. The first kappa shape index (κ1) is 16.5. The van der Waals surface area contributed by atoms with Gasteiger partial charge in [-0.05, 0) is 58.8 Å². The van der Waals surface area contributed by atoms with Gasteiger partial charge in [-0.25, -0.2) is 0 Å². The van der Waals surface area contributed by atoms with Gasteiger partial charge in [0.2, 0.25) is 0 Å². The number of likely N-dealkylation sites (tertiary alicyclic amines) is 2. The van der Waals surface area contributed by atoms with Crippen molar-refractivity contribution in [2.45, 2.75) is 44.8 Å². The molecular formula is C18H30N4O. The molecule has 5 heteroatoms. The maximum atomic E-state index is 12.6. The SMILES string of the molecule is CC(C)N1[C@H](CN(C)C)C[C@@H]2CN(C(=O)c3ccc[nH]3)CC[C@@H]21. The van der Waals surface area contributed by atoms with E-state index in [1.54, 1.807) is 0 Å². The average molecular weight is 318 g/mol. The van der Waals surface area contributed by atoms with Gasteiger partial charge in [0.15, 0.2) is 0 Å². The molecule has 2 aliphatic heterocycles. The number of hydrogen-bond donors (Lipinski definition) is 1. The molecule has 0 saturated carbocycles. The molecule has 0 bridgehead atoms. The Kier molecular flexibility index (Phi) is 4.78. The molecule has 0 spiro atoms. The minimum absolute atomic E-state index is 0.153. The zero-order valence-electron chi connectivity index (χ0n) is 14.8. The standard InChI is InChI=1S/C18H30N4O/c1-13(2)22-15(12-20(3)4)10-14-11-21(9-7-17(14)22)18(23)16-6-5-8-19-16/h5-6,8,13-15,17,19H,7,9-12H2,1-4H3/t14-,15+,17+/m1/s1. The van der Waals surface area contributed by atoms with Gasteiger partial charge >= 0.3 is 0 Å². The first-order chi connectivity index (χ1) is 11.0. The summed E-state index contributed by atoms with van der Waals surface area (Å²) in [4.78, 5) is 22.7. The number of nitrogens with zero attached hydrogens (tertiary/aromatic N) is 3. The topological polar surface area (TPSA) is 42.6 Å². The minimum atomic E-state index is 0.153. The lowest BCUT2D eigenvalue weighted by molar-refractivity contribution is 0.0518.